The Hall–Kier alpha value is -1.81. The molecular weight excluding hydrogens is 262 g/mol. The molecule has 0 aliphatic carbocycles. The molecule has 4 rings (SSSR count). The normalized spacial score (nSPS) is 25.3. The topological polar surface area (TPSA) is 37.3 Å². The van der Waals surface area contributed by atoms with Crippen LogP contribution in [0, 0.1) is 0 Å². The number of nitrogens with one attached hydrogen (secondary N) is 1. The summed E-state index contributed by atoms with van der Waals surface area (Å²) >= 11 is 0. The average Bonchev–Trinajstić information content (AvgIpc) is 2.83. The third kappa shape index (κ3) is 2.14. The molecule has 2 atom stereocenters. The fourth-order valence-electron chi connectivity index (χ4n) is 3.82. The summed E-state index contributed by atoms with van der Waals surface area (Å²) in [6.45, 7) is 2.04. The van der Waals surface area contributed by atoms with Crippen molar-refractivity contribution in [2.75, 3.05) is 18.0 Å². The molecule has 2 bridgehead atoms. The average molecular weight is 283 g/mol. The zero-order valence-electron chi connectivity index (χ0n) is 12.4. The van der Waals surface area contributed by atoms with Gasteiger partial charge in [-0.2, -0.15) is 0 Å². The summed E-state index contributed by atoms with van der Waals surface area (Å²) < 4.78 is 1.74. The largest absolute Gasteiger partial charge is 0.369 e. The minimum absolute atomic E-state index is 0.0751. The van der Waals surface area contributed by atoms with Gasteiger partial charge in [-0.1, -0.05) is 18.2 Å². The number of rotatable bonds is 1. The fourth-order valence-corrected chi connectivity index (χ4v) is 3.82. The monoisotopic (exact) mass is 283 g/mol. The molecule has 0 spiro atoms. The van der Waals surface area contributed by atoms with Crippen molar-refractivity contribution in [3.63, 3.8) is 0 Å². The number of aromatic nitrogens is 1. The third-order valence-corrected chi connectivity index (χ3v) is 5.00. The Labute approximate surface area is 124 Å². The molecule has 2 unspecified atom stereocenters. The molecule has 2 saturated heterocycles. The van der Waals surface area contributed by atoms with Crippen molar-refractivity contribution in [1.82, 2.24) is 9.88 Å². The van der Waals surface area contributed by atoms with Crippen LogP contribution in [0.25, 0.3) is 10.9 Å². The molecule has 1 N–H and O–H groups in total. The molecule has 0 saturated carbocycles. The molecule has 0 radical (unpaired) electrons. The van der Waals surface area contributed by atoms with Crippen LogP contribution in [0.2, 0.25) is 0 Å². The van der Waals surface area contributed by atoms with E-state index in [4.69, 9.17) is 0 Å². The van der Waals surface area contributed by atoms with Crippen LogP contribution in [0.5, 0.6) is 0 Å². The quantitative estimate of drug-likeness (QED) is 0.868. The van der Waals surface area contributed by atoms with Gasteiger partial charge < -0.3 is 14.8 Å². The molecule has 1 aromatic heterocycles. The summed E-state index contributed by atoms with van der Waals surface area (Å²) in [6, 6.07) is 11.2. The van der Waals surface area contributed by atoms with Crippen molar-refractivity contribution in [3.8, 4) is 0 Å². The number of hydrogen-bond donors (Lipinski definition) is 1. The van der Waals surface area contributed by atoms with Gasteiger partial charge in [-0.15, -0.1) is 0 Å². The van der Waals surface area contributed by atoms with Crippen LogP contribution in [-0.4, -0.2) is 29.7 Å². The maximum Gasteiger partial charge on any atom is 0.252 e. The van der Waals surface area contributed by atoms with E-state index in [-0.39, 0.29) is 5.56 Å². The highest BCUT2D eigenvalue weighted by atomic mass is 16.1. The predicted octanol–water partition coefficient (Wildman–Crippen LogP) is 1.87. The number of anilines is 1. The van der Waals surface area contributed by atoms with Gasteiger partial charge in [0.05, 0.1) is 11.2 Å². The van der Waals surface area contributed by atoms with Gasteiger partial charge in [-0.25, -0.2) is 0 Å². The van der Waals surface area contributed by atoms with Crippen LogP contribution in [0.3, 0.4) is 0 Å². The summed E-state index contributed by atoms with van der Waals surface area (Å²) in [7, 11) is 1.85. The minimum atomic E-state index is 0.0751. The van der Waals surface area contributed by atoms with Gasteiger partial charge >= 0.3 is 0 Å². The number of aryl methyl sites for hydroxylation is 1. The van der Waals surface area contributed by atoms with E-state index in [1.165, 1.54) is 24.6 Å². The molecule has 2 aromatic rings. The number of hydrogen-bond acceptors (Lipinski definition) is 3. The first-order valence-corrected chi connectivity index (χ1v) is 7.82. The zero-order chi connectivity index (χ0) is 14.4. The molecule has 2 aliphatic heterocycles. The number of benzene rings is 1. The molecular formula is C17H21N3O. The first-order chi connectivity index (χ1) is 10.2. The van der Waals surface area contributed by atoms with E-state index in [0.717, 1.165) is 24.3 Å². The van der Waals surface area contributed by atoms with Gasteiger partial charge in [0.15, 0.2) is 0 Å². The molecule has 4 nitrogen and oxygen atoms in total. The van der Waals surface area contributed by atoms with Gasteiger partial charge in [-0.3, -0.25) is 4.79 Å². The fraction of sp³-hybridized carbons (Fsp3) is 0.471. The summed E-state index contributed by atoms with van der Waals surface area (Å²) in [5.74, 6) is 0. The third-order valence-electron chi connectivity index (χ3n) is 5.00. The number of pyridine rings is 1. The van der Waals surface area contributed by atoms with Gasteiger partial charge in [0.1, 0.15) is 0 Å². The standard InChI is InChI=1S/C17H21N3O/c1-19-15-5-3-2-4-14(15)16(10-17(19)21)20-9-8-12-6-7-13(11-20)18-12/h2-5,10,12-13,18H,6-9,11H2,1H3. The van der Waals surface area contributed by atoms with Crippen LogP contribution >= 0.6 is 0 Å². The maximum atomic E-state index is 12.3. The Morgan fingerprint density at radius 1 is 1.14 bits per heavy atom. The summed E-state index contributed by atoms with van der Waals surface area (Å²) in [6.07, 6.45) is 3.72. The van der Waals surface area contributed by atoms with E-state index < -0.39 is 0 Å². The van der Waals surface area contributed by atoms with Gasteiger partial charge in [0.25, 0.3) is 5.56 Å². The second-order valence-electron chi connectivity index (χ2n) is 6.32. The number of para-hydroxylation sites is 1. The van der Waals surface area contributed by atoms with Gasteiger partial charge in [0.2, 0.25) is 0 Å². The second kappa shape index (κ2) is 4.88. The Morgan fingerprint density at radius 3 is 2.86 bits per heavy atom. The van der Waals surface area contributed by atoms with Crippen LogP contribution in [0.15, 0.2) is 35.1 Å². The molecule has 4 heteroatoms. The zero-order valence-corrected chi connectivity index (χ0v) is 12.4. The summed E-state index contributed by atoms with van der Waals surface area (Å²) in [4.78, 5) is 14.7. The number of nitrogens with zero attached hydrogens (tertiary/aromatic N) is 2. The first-order valence-electron chi connectivity index (χ1n) is 7.82. The Kier molecular flexibility index (Phi) is 3.00. The van der Waals surface area contributed by atoms with Crippen molar-refractivity contribution in [2.45, 2.75) is 31.3 Å². The molecule has 2 fully saturated rings. The van der Waals surface area contributed by atoms with Gasteiger partial charge in [-0.05, 0) is 25.3 Å². The van der Waals surface area contributed by atoms with Crippen LogP contribution in [0.1, 0.15) is 19.3 Å². The Balaban J connectivity index is 1.83. The van der Waals surface area contributed by atoms with Crippen molar-refractivity contribution in [1.29, 1.82) is 0 Å². The smallest absolute Gasteiger partial charge is 0.252 e. The number of fused-ring (bicyclic) bond motifs is 3. The Morgan fingerprint density at radius 2 is 1.95 bits per heavy atom. The van der Waals surface area contributed by atoms with Crippen LogP contribution < -0.4 is 15.8 Å². The molecule has 1 aromatic carbocycles. The summed E-state index contributed by atoms with van der Waals surface area (Å²) in [5.41, 5.74) is 2.19. The highest BCUT2D eigenvalue weighted by Gasteiger charge is 2.30. The van der Waals surface area contributed by atoms with Crippen molar-refractivity contribution in [3.05, 3.63) is 40.7 Å². The van der Waals surface area contributed by atoms with Gasteiger partial charge in [0, 0.05) is 43.7 Å². The van der Waals surface area contributed by atoms with Crippen molar-refractivity contribution in [2.24, 2.45) is 7.05 Å². The van der Waals surface area contributed by atoms with E-state index in [9.17, 15) is 4.79 Å². The van der Waals surface area contributed by atoms with Crippen molar-refractivity contribution >= 4 is 16.6 Å². The maximum absolute atomic E-state index is 12.3. The van der Waals surface area contributed by atoms with Crippen LogP contribution in [0.4, 0.5) is 5.69 Å². The Bertz CT molecular complexity index is 736. The van der Waals surface area contributed by atoms with Crippen molar-refractivity contribution < 1.29 is 0 Å². The summed E-state index contributed by atoms with van der Waals surface area (Å²) in [5, 5.41) is 4.88. The molecule has 0 amide bonds. The first kappa shape index (κ1) is 12.9. The molecule has 2 aliphatic rings. The molecule has 3 heterocycles. The highest BCUT2D eigenvalue weighted by Crippen LogP contribution is 2.29. The lowest BCUT2D eigenvalue weighted by atomic mass is 10.1. The van der Waals surface area contributed by atoms with E-state index in [2.05, 4.69) is 22.3 Å². The lowest BCUT2D eigenvalue weighted by Gasteiger charge is -2.28. The van der Waals surface area contributed by atoms with E-state index in [1.807, 2.05) is 19.2 Å². The SMILES string of the molecule is Cn1c(=O)cc(N2CCC3CCC(C2)N3)c2ccccc21. The lowest BCUT2D eigenvalue weighted by molar-refractivity contribution is 0.563. The van der Waals surface area contributed by atoms with E-state index in [0.29, 0.717) is 12.1 Å². The predicted molar refractivity (Wildman–Crippen MR) is 86.0 cm³/mol. The molecule has 21 heavy (non-hydrogen) atoms. The lowest BCUT2D eigenvalue weighted by Crippen LogP contribution is -2.36. The second-order valence-corrected chi connectivity index (χ2v) is 6.32. The van der Waals surface area contributed by atoms with E-state index >= 15 is 0 Å². The van der Waals surface area contributed by atoms with Crippen LogP contribution in [-0.2, 0) is 7.05 Å². The van der Waals surface area contributed by atoms with E-state index in [1.54, 1.807) is 10.6 Å². The highest BCUT2D eigenvalue weighted by molar-refractivity contribution is 5.91. The minimum Gasteiger partial charge on any atom is -0.369 e. The molecule has 110 valence electrons.